The fraction of sp³-hybridized carbons (Fsp3) is 0.393. The van der Waals surface area contributed by atoms with Crippen LogP contribution in [0.4, 0.5) is 15.9 Å². The summed E-state index contributed by atoms with van der Waals surface area (Å²) in [5.41, 5.74) is 2.76. The number of halogens is 1. The van der Waals surface area contributed by atoms with E-state index in [2.05, 4.69) is 15.3 Å². The average Bonchev–Trinajstić information content (AvgIpc) is 3.26. The zero-order valence-corrected chi connectivity index (χ0v) is 20.8. The molecule has 2 heterocycles. The second kappa shape index (κ2) is 10.3. The van der Waals surface area contributed by atoms with E-state index in [4.69, 9.17) is 9.47 Å². The van der Waals surface area contributed by atoms with Gasteiger partial charge in [0, 0.05) is 41.6 Å². The second-order valence-electron chi connectivity index (χ2n) is 9.94. The summed E-state index contributed by atoms with van der Waals surface area (Å²) in [6, 6.07) is 8.65. The van der Waals surface area contributed by atoms with Gasteiger partial charge in [-0.1, -0.05) is 6.08 Å². The second-order valence-corrected chi connectivity index (χ2v) is 9.94. The molecule has 0 bridgehead atoms. The molecule has 1 aliphatic carbocycles. The van der Waals surface area contributed by atoms with Crippen LogP contribution in [0.5, 0.6) is 5.75 Å². The number of aromatic nitrogens is 2. The van der Waals surface area contributed by atoms with Crippen molar-refractivity contribution in [3.8, 4) is 5.75 Å². The molecular formula is C28H31FN4O3. The molecule has 2 fully saturated rings. The minimum absolute atomic E-state index is 0.00161. The van der Waals surface area contributed by atoms with E-state index < -0.39 is 0 Å². The van der Waals surface area contributed by atoms with Crippen molar-refractivity contribution in [2.24, 2.45) is 17.8 Å². The maximum Gasteiger partial charge on any atom is 0.159 e. The van der Waals surface area contributed by atoms with Gasteiger partial charge in [-0.3, -0.25) is 4.79 Å². The number of ketones is 1. The number of rotatable bonds is 10. The number of benzene rings is 2. The average molecular weight is 491 g/mol. The number of allylic oxidation sites excluding steroid dienone is 1. The largest absolute Gasteiger partial charge is 0.493 e. The number of likely N-dealkylation sites (N-methyl/N-ethyl adjacent to an activating group) is 1. The summed E-state index contributed by atoms with van der Waals surface area (Å²) in [6.07, 6.45) is 5.18. The molecule has 0 radical (unpaired) electrons. The number of anilines is 2. The van der Waals surface area contributed by atoms with Gasteiger partial charge in [0.05, 0.1) is 25.3 Å². The van der Waals surface area contributed by atoms with E-state index >= 15 is 0 Å². The first kappa shape index (κ1) is 24.3. The zero-order valence-electron chi connectivity index (χ0n) is 20.8. The highest BCUT2D eigenvalue weighted by molar-refractivity contribution is 5.96. The first-order chi connectivity index (χ1) is 17.4. The van der Waals surface area contributed by atoms with Crippen LogP contribution >= 0.6 is 0 Å². The molecule has 3 aromatic rings. The van der Waals surface area contributed by atoms with Gasteiger partial charge in [-0.2, -0.15) is 0 Å². The maximum atomic E-state index is 13.7. The molecule has 1 aromatic heterocycles. The fourth-order valence-corrected chi connectivity index (χ4v) is 4.79. The predicted molar refractivity (Wildman–Crippen MR) is 137 cm³/mol. The van der Waals surface area contributed by atoms with E-state index in [9.17, 15) is 9.18 Å². The molecule has 8 heteroatoms. The quantitative estimate of drug-likeness (QED) is 0.424. The molecule has 36 heavy (non-hydrogen) atoms. The maximum absolute atomic E-state index is 13.7. The summed E-state index contributed by atoms with van der Waals surface area (Å²) >= 11 is 0. The molecule has 3 atom stereocenters. The Morgan fingerprint density at radius 2 is 2.03 bits per heavy atom. The van der Waals surface area contributed by atoms with Gasteiger partial charge in [0.2, 0.25) is 0 Å². The van der Waals surface area contributed by atoms with Crippen molar-refractivity contribution < 1.29 is 18.7 Å². The van der Waals surface area contributed by atoms with E-state index in [0.717, 1.165) is 29.9 Å². The molecule has 1 saturated carbocycles. The lowest BCUT2D eigenvalue weighted by Gasteiger charge is -2.15. The monoisotopic (exact) mass is 490 g/mol. The Balaban J connectivity index is 1.43. The van der Waals surface area contributed by atoms with Crippen molar-refractivity contribution in [1.82, 2.24) is 14.9 Å². The Labute approximate surface area is 210 Å². The Morgan fingerprint density at radius 1 is 1.22 bits per heavy atom. The van der Waals surface area contributed by atoms with Gasteiger partial charge >= 0.3 is 0 Å². The summed E-state index contributed by atoms with van der Waals surface area (Å²) < 4.78 is 25.5. The van der Waals surface area contributed by atoms with E-state index in [1.807, 2.05) is 37.2 Å². The predicted octanol–water partition coefficient (Wildman–Crippen LogP) is 4.32. The van der Waals surface area contributed by atoms with Crippen LogP contribution in [0, 0.1) is 30.5 Å². The number of hydrogen-bond donors (Lipinski definition) is 1. The molecule has 1 N–H and O–H groups in total. The molecule has 5 rings (SSSR count). The van der Waals surface area contributed by atoms with Gasteiger partial charge in [-0.25, -0.2) is 14.4 Å². The Kier molecular flexibility index (Phi) is 6.98. The summed E-state index contributed by atoms with van der Waals surface area (Å²) in [5, 5.41) is 4.04. The molecule has 7 nitrogen and oxygen atoms in total. The van der Waals surface area contributed by atoms with Crippen molar-refractivity contribution in [3.63, 3.8) is 0 Å². The van der Waals surface area contributed by atoms with E-state index in [0.29, 0.717) is 53.6 Å². The molecule has 1 unspecified atom stereocenters. The van der Waals surface area contributed by atoms with Crippen molar-refractivity contribution in [1.29, 1.82) is 0 Å². The number of nitrogens with zero attached hydrogens (tertiary/aromatic N) is 3. The normalized spacial score (nSPS) is 20.8. The van der Waals surface area contributed by atoms with Gasteiger partial charge in [0.1, 0.15) is 23.7 Å². The minimum atomic E-state index is -0.260. The number of aryl methyl sites for hydroxylation is 1. The van der Waals surface area contributed by atoms with Crippen LogP contribution in [0.2, 0.25) is 0 Å². The smallest absolute Gasteiger partial charge is 0.159 e. The molecule has 1 aliphatic heterocycles. The molecule has 0 amide bonds. The first-order valence-electron chi connectivity index (χ1n) is 12.2. The summed E-state index contributed by atoms with van der Waals surface area (Å²) in [7, 11) is 3.92. The molecule has 1 saturated heterocycles. The minimum Gasteiger partial charge on any atom is -0.493 e. The highest BCUT2D eigenvalue weighted by atomic mass is 19.1. The molecule has 0 spiro atoms. The van der Waals surface area contributed by atoms with E-state index in [-0.39, 0.29) is 18.0 Å². The van der Waals surface area contributed by atoms with Crippen LogP contribution in [0.25, 0.3) is 10.9 Å². The highest BCUT2D eigenvalue weighted by Crippen LogP contribution is 2.50. The lowest BCUT2D eigenvalue weighted by Crippen LogP contribution is -2.12. The lowest BCUT2D eigenvalue weighted by molar-refractivity contribution is -0.114. The number of carbonyl (C=O) groups is 1. The topological polar surface area (TPSA) is 76.6 Å². The van der Waals surface area contributed by atoms with Crippen LogP contribution in [0.1, 0.15) is 11.1 Å². The van der Waals surface area contributed by atoms with Gasteiger partial charge < -0.3 is 19.7 Å². The number of hydrogen-bond acceptors (Lipinski definition) is 7. The van der Waals surface area contributed by atoms with E-state index in [1.54, 1.807) is 25.1 Å². The van der Waals surface area contributed by atoms with Crippen LogP contribution in [0.3, 0.4) is 0 Å². The van der Waals surface area contributed by atoms with Crippen LogP contribution in [0.15, 0.2) is 48.8 Å². The number of fused-ring (bicyclic) bond motifs is 2. The van der Waals surface area contributed by atoms with Gasteiger partial charge in [0.15, 0.2) is 5.78 Å². The standard InChI is InChI=1S/C28H31FN4O3/c1-17-9-19(6-7-25(17)29)32-28-21-11-18(10-20(34)5-4-8-33(2)3)27(12-26(21)30-16-31-28)36-15-24-22-13-35-14-23(22)24/h4-7,9,11-12,16,22-24H,8,10,13-15H2,1-3H3,(H,30,31,32)/b5-4+/t22-,23+,24?. The molecule has 2 aromatic carbocycles. The lowest BCUT2D eigenvalue weighted by atomic mass is 10.0. The fourth-order valence-electron chi connectivity index (χ4n) is 4.79. The Morgan fingerprint density at radius 3 is 2.78 bits per heavy atom. The Bertz CT molecular complexity index is 1300. The third kappa shape index (κ3) is 5.39. The van der Waals surface area contributed by atoms with Crippen molar-refractivity contribution in [3.05, 3.63) is 65.8 Å². The third-order valence-corrected chi connectivity index (χ3v) is 6.94. The van der Waals surface area contributed by atoms with Crippen LogP contribution in [-0.2, 0) is 16.0 Å². The van der Waals surface area contributed by atoms with Crippen molar-refractivity contribution in [2.75, 3.05) is 45.8 Å². The number of ether oxygens (including phenoxy) is 2. The summed E-state index contributed by atoms with van der Waals surface area (Å²) in [4.78, 5) is 23.6. The Hall–Kier alpha value is -3.36. The van der Waals surface area contributed by atoms with Gasteiger partial charge in [0.25, 0.3) is 0 Å². The zero-order chi connectivity index (χ0) is 25.2. The summed E-state index contributed by atoms with van der Waals surface area (Å²) in [6.45, 7) is 4.63. The first-order valence-corrected chi connectivity index (χ1v) is 12.2. The van der Waals surface area contributed by atoms with Crippen molar-refractivity contribution in [2.45, 2.75) is 13.3 Å². The number of nitrogens with one attached hydrogen (secondary N) is 1. The van der Waals surface area contributed by atoms with Crippen molar-refractivity contribution >= 4 is 28.2 Å². The molecule has 2 aliphatic rings. The van der Waals surface area contributed by atoms with Gasteiger partial charge in [-0.15, -0.1) is 0 Å². The SMILES string of the molecule is Cc1cc(Nc2ncnc3cc(OCC4[C@H]5COC[C@@H]45)c(CC(=O)/C=C/CN(C)C)cc23)ccc1F. The van der Waals surface area contributed by atoms with Crippen LogP contribution in [-0.4, -0.2) is 61.1 Å². The van der Waals surface area contributed by atoms with Gasteiger partial charge in [-0.05, 0) is 68.8 Å². The molecule has 188 valence electrons. The number of carbonyl (C=O) groups excluding carboxylic acids is 1. The third-order valence-electron chi connectivity index (χ3n) is 6.94. The summed E-state index contributed by atoms with van der Waals surface area (Å²) in [5.74, 6) is 2.67. The molecular weight excluding hydrogens is 459 g/mol. The highest BCUT2D eigenvalue weighted by Gasteiger charge is 2.54. The van der Waals surface area contributed by atoms with E-state index in [1.165, 1.54) is 12.4 Å². The van der Waals surface area contributed by atoms with Crippen LogP contribution < -0.4 is 10.1 Å².